The maximum absolute atomic E-state index is 13.1. The van der Waals surface area contributed by atoms with E-state index in [-0.39, 0.29) is 21.9 Å². The van der Waals surface area contributed by atoms with E-state index in [1.165, 1.54) is 22.5 Å². The molecule has 1 aliphatic rings. The van der Waals surface area contributed by atoms with E-state index < -0.39 is 15.9 Å². The molecule has 0 spiro atoms. The molecular formula is C21H26N2O4S. The van der Waals surface area contributed by atoms with Crippen molar-refractivity contribution in [1.29, 1.82) is 0 Å². The monoisotopic (exact) mass is 402 g/mol. The van der Waals surface area contributed by atoms with Crippen LogP contribution in [0.25, 0.3) is 0 Å². The Labute approximate surface area is 166 Å². The van der Waals surface area contributed by atoms with E-state index >= 15 is 0 Å². The molecule has 2 atom stereocenters. The Morgan fingerprint density at radius 3 is 2.46 bits per heavy atom. The highest BCUT2D eigenvalue weighted by Gasteiger charge is 2.32. The summed E-state index contributed by atoms with van der Waals surface area (Å²) in [6.45, 7) is 6.93. The molecule has 2 aromatic carbocycles. The molecule has 0 bridgehead atoms. The zero-order valence-corrected chi connectivity index (χ0v) is 17.2. The number of carbonyl (C=O) groups excluding carboxylic acids is 1. The minimum atomic E-state index is -3.67. The number of phenolic OH excluding ortho intramolecular Hbond substituents is 1. The number of aryl methyl sites for hydroxylation is 1. The molecular weight excluding hydrogens is 376 g/mol. The fraction of sp³-hybridized carbons (Fsp3) is 0.381. The number of phenols is 1. The summed E-state index contributed by atoms with van der Waals surface area (Å²) in [5.41, 5.74) is 1.40. The first-order chi connectivity index (χ1) is 13.2. The fourth-order valence-corrected chi connectivity index (χ4v) is 5.42. The van der Waals surface area contributed by atoms with Crippen LogP contribution in [0.4, 0.5) is 5.69 Å². The highest BCUT2D eigenvalue weighted by Crippen LogP contribution is 2.28. The molecule has 1 heterocycles. The van der Waals surface area contributed by atoms with Gasteiger partial charge < -0.3 is 10.4 Å². The van der Waals surface area contributed by atoms with Gasteiger partial charge in [0.25, 0.3) is 5.91 Å². The van der Waals surface area contributed by atoms with Crippen molar-refractivity contribution >= 4 is 21.6 Å². The van der Waals surface area contributed by atoms with Crippen molar-refractivity contribution in [3.63, 3.8) is 0 Å². The molecule has 0 radical (unpaired) electrons. The Bertz CT molecular complexity index is 978. The molecule has 1 fully saturated rings. The lowest BCUT2D eigenvalue weighted by Crippen LogP contribution is -2.42. The number of hydrogen-bond acceptors (Lipinski definition) is 4. The largest absolute Gasteiger partial charge is 0.506 e. The average molecular weight is 403 g/mol. The molecule has 1 amide bonds. The van der Waals surface area contributed by atoms with E-state index in [9.17, 15) is 18.3 Å². The fourth-order valence-electron chi connectivity index (χ4n) is 3.69. The second kappa shape index (κ2) is 7.93. The van der Waals surface area contributed by atoms with Crippen molar-refractivity contribution in [2.75, 3.05) is 18.4 Å². The Morgan fingerprint density at radius 1 is 1.11 bits per heavy atom. The van der Waals surface area contributed by atoms with Crippen molar-refractivity contribution in [3.05, 3.63) is 53.6 Å². The Balaban J connectivity index is 1.85. The molecule has 2 unspecified atom stereocenters. The Morgan fingerprint density at radius 2 is 1.79 bits per heavy atom. The van der Waals surface area contributed by atoms with Crippen LogP contribution in [-0.2, 0) is 10.0 Å². The van der Waals surface area contributed by atoms with Gasteiger partial charge in [0, 0.05) is 18.7 Å². The van der Waals surface area contributed by atoms with Crippen LogP contribution in [0.1, 0.15) is 36.2 Å². The van der Waals surface area contributed by atoms with E-state index in [1.54, 1.807) is 24.3 Å². The van der Waals surface area contributed by atoms with Crippen LogP contribution >= 0.6 is 0 Å². The highest BCUT2D eigenvalue weighted by atomic mass is 32.2. The quantitative estimate of drug-likeness (QED) is 0.765. The van der Waals surface area contributed by atoms with E-state index in [0.717, 1.165) is 12.0 Å². The van der Waals surface area contributed by atoms with Crippen molar-refractivity contribution in [3.8, 4) is 5.75 Å². The highest BCUT2D eigenvalue weighted by molar-refractivity contribution is 7.89. The van der Waals surface area contributed by atoms with Crippen LogP contribution in [0.3, 0.4) is 0 Å². The second-order valence-corrected chi connectivity index (χ2v) is 9.71. The molecule has 0 aromatic heterocycles. The van der Waals surface area contributed by atoms with Gasteiger partial charge in [-0.05, 0) is 61.1 Å². The van der Waals surface area contributed by atoms with Crippen LogP contribution in [0, 0.1) is 18.8 Å². The van der Waals surface area contributed by atoms with Gasteiger partial charge in [-0.25, -0.2) is 8.42 Å². The SMILES string of the molecule is Cc1ccc(O)c(NC(=O)c2cccc(S(=O)(=O)N3CC(C)CC(C)C3)c2)c1. The molecule has 0 saturated carbocycles. The second-order valence-electron chi connectivity index (χ2n) is 7.77. The topological polar surface area (TPSA) is 86.7 Å². The zero-order chi connectivity index (χ0) is 20.5. The van der Waals surface area contributed by atoms with Gasteiger partial charge in [-0.2, -0.15) is 4.31 Å². The number of nitrogens with one attached hydrogen (secondary N) is 1. The summed E-state index contributed by atoms with van der Waals surface area (Å²) < 4.78 is 27.6. The Hall–Kier alpha value is -2.38. The smallest absolute Gasteiger partial charge is 0.255 e. The number of rotatable bonds is 4. The summed E-state index contributed by atoms with van der Waals surface area (Å²) in [6.07, 6.45) is 1.01. The molecule has 6 nitrogen and oxygen atoms in total. The lowest BCUT2D eigenvalue weighted by molar-refractivity contribution is 0.102. The molecule has 150 valence electrons. The first-order valence-corrected chi connectivity index (χ1v) is 10.8. The summed E-state index contributed by atoms with van der Waals surface area (Å²) in [5, 5.41) is 12.6. The number of piperidine rings is 1. The standard InChI is InChI=1S/C21H26N2O4S/c1-14-7-8-20(24)19(10-14)22-21(25)17-5-4-6-18(11-17)28(26,27)23-12-15(2)9-16(3)13-23/h4-8,10-11,15-16,24H,9,12-13H2,1-3H3,(H,22,25). The molecule has 2 N–H and O–H groups in total. The molecule has 28 heavy (non-hydrogen) atoms. The third-order valence-corrected chi connectivity index (χ3v) is 6.80. The van der Waals surface area contributed by atoms with Crippen LogP contribution in [0.2, 0.25) is 0 Å². The van der Waals surface area contributed by atoms with Crippen molar-refractivity contribution in [2.24, 2.45) is 11.8 Å². The molecule has 0 aliphatic carbocycles. The third-order valence-electron chi connectivity index (χ3n) is 4.97. The van der Waals surface area contributed by atoms with Crippen LogP contribution in [0.5, 0.6) is 5.75 Å². The molecule has 1 saturated heterocycles. The normalized spacial score (nSPS) is 20.7. The maximum Gasteiger partial charge on any atom is 0.255 e. The van der Waals surface area contributed by atoms with E-state index in [1.807, 2.05) is 6.92 Å². The average Bonchev–Trinajstić information content (AvgIpc) is 2.64. The zero-order valence-electron chi connectivity index (χ0n) is 16.3. The third kappa shape index (κ3) is 4.36. The number of nitrogens with zero attached hydrogens (tertiary/aromatic N) is 1. The number of carbonyl (C=O) groups is 1. The van der Waals surface area contributed by atoms with Gasteiger partial charge in [-0.3, -0.25) is 4.79 Å². The molecule has 1 aliphatic heterocycles. The van der Waals surface area contributed by atoms with Crippen molar-refractivity contribution < 1.29 is 18.3 Å². The van der Waals surface area contributed by atoms with E-state index in [2.05, 4.69) is 19.2 Å². The molecule has 2 aromatic rings. The lowest BCUT2D eigenvalue weighted by atomic mass is 9.94. The van der Waals surface area contributed by atoms with Gasteiger partial charge in [-0.1, -0.05) is 26.0 Å². The summed E-state index contributed by atoms with van der Waals surface area (Å²) in [4.78, 5) is 12.7. The van der Waals surface area contributed by atoms with Crippen LogP contribution in [0.15, 0.2) is 47.4 Å². The predicted molar refractivity (Wildman–Crippen MR) is 109 cm³/mol. The van der Waals surface area contributed by atoms with Gasteiger partial charge in [-0.15, -0.1) is 0 Å². The first kappa shape index (κ1) is 20.4. The molecule has 7 heteroatoms. The Kier molecular flexibility index (Phi) is 5.76. The minimum absolute atomic E-state index is 0.0426. The number of amides is 1. The summed E-state index contributed by atoms with van der Waals surface area (Å²) in [7, 11) is -3.67. The number of sulfonamides is 1. The number of benzene rings is 2. The van der Waals surface area contributed by atoms with Crippen LogP contribution in [-0.4, -0.2) is 36.8 Å². The van der Waals surface area contributed by atoms with Crippen molar-refractivity contribution in [2.45, 2.75) is 32.1 Å². The van der Waals surface area contributed by atoms with Gasteiger partial charge in [0.2, 0.25) is 10.0 Å². The minimum Gasteiger partial charge on any atom is -0.506 e. The van der Waals surface area contributed by atoms with E-state index in [0.29, 0.717) is 24.9 Å². The number of aromatic hydroxyl groups is 1. The first-order valence-electron chi connectivity index (χ1n) is 9.38. The molecule has 3 rings (SSSR count). The van der Waals surface area contributed by atoms with E-state index in [4.69, 9.17) is 0 Å². The maximum atomic E-state index is 13.1. The lowest BCUT2D eigenvalue weighted by Gasteiger charge is -2.34. The number of anilines is 1. The van der Waals surface area contributed by atoms with Gasteiger partial charge in [0.1, 0.15) is 5.75 Å². The van der Waals surface area contributed by atoms with Crippen molar-refractivity contribution in [1.82, 2.24) is 4.31 Å². The summed E-state index contributed by atoms with van der Waals surface area (Å²) >= 11 is 0. The summed E-state index contributed by atoms with van der Waals surface area (Å²) in [5.74, 6) is 0.0842. The summed E-state index contributed by atoms with van der Waals surface area (Å²) in [6, 6.07) is 10.9. The number of hydrogen-bond donors (Lipinski definition) is 2. The van der Waals surface area contributed by atoms with Crippen LogP contribution < -0.4 is 5.32 Å². The van der Waals surface area contributed by atoms with Gasteiger partial charge in [0.15, 0.2) is 0 Å². The van der Waals surface area contributed by atoms with Gasteiger partial charge >= 0.3 is 0 Å². The predicted octanol–water partition coefficient (Wildman–Crippen LogP) is 3.62. The van der Waals surface area contributed by atoms with Gasteiger partial charge in [0.05, 0.1) is 10.6 Å².